The molecule has 94 heavy (non-hydrogen) atoms. The highest BCUT2D eigenvalue weighted by Crippen LogP contribution is 1.88. The topological polar surface area (TPSA) is 589 Å². The van der Waals surface area contributed by atoms with E-state index in [4.69, 9.17) is 77.8 Å². The lowest BCUT2D eigenvalue weighted by Gasteiger charge is -2.00. The summed E-state index contributed by atoms with van der Waals surface area (Å²) in [5.41, 5.74) is 0. The molecule has 0 aromatic carbocycles. The third-order valence-electron chi connectivity index (χ3n) is 3.10. The van der Waals surface area contributed by atoms with Gasteiger partial charge < -0.3 is 69.9 Å². The standard InChI is InChI=1S/C5H7FO4.C5H9FO3.C4H7FO5S.C4H7FO3.2C4H7FO2.12CH4.6FHO3S/c1-4(7)9-3-10-5(8)2-6;1-8-5(7)4-9-3-2-6;1-11(7,8)10-3-9-4(6)2-5;1-7-3-8-4(6)2-5;1-4(6)7-3-2-5;1-2-7-4(6)3-5;;;;;;;;;;;;;6*1-5(2,3)4/h2-3H2,1H3;2-4H2,1H3;2-3H2,1H3;2-3H2,1H3;2*2-3H2,1H3;12*1H4;6*(H,2,3,4)/p-6. The van der Waals surface area contributed by atoms with E-state index in [0.717, 1.165) is 13.2 Å². The van der Waals surface area contributed by atoms with E-state index in [9.17, 15) is 91.6 Å². The van der Waals surface area contributed by atoms with E-state index in [2.05, 4.69) is 46.8 Å². The van der Waals surface area contributed by atoms with Crippen molar-refractivity contribution in [3.05, 3.63) is 0 Å². The summed E-state index contributed by atoms with van der Waals surface area (Å²) in [6, 6.07) is 0. The summed E-state index contributed by atoms with van der Waals surface area (Å²) in [4.78, 5) is 69.8. The molecule has 598 valence electrons. The summed E-state index contributed by atoms with van der Waals surface area (Å²) < 4.78 is 341. The van der Waals surface area contributed by atoms with Crippen LogP contribution in [0.4, 0.5) is 49.7 Å². The Morgan fingerprint density at radius 2 is 0.574 bits per heavy atom. The summed E-state index contributed by atoms with van der Waals surface area (Å²) in [6.07, 6.45) is 0.788. The maximum Gasteiger partial charge on any atom is 0.340 e. The van der Waals surface area contributed by atoms with Crippen LogP contribution in [-0.4, -0.2) is 235 Å². The summed E-state index contributed by atoms with van der Waals surface area (Å²) in [6.45, 7) is -3.30. The predicted molar refractivity (Wildman–Crippen MR) is 305 cm³/mol. The van der Waals surface area contributed by atoms with Gasteiger partial charge in [-0.05, 0) is 6.92 Å². The van der Waals surface area contributed by atoms with Gasteiger partial charge in [0, 0.05) is 21.0 Å². The molecule has 0 atom stereocenters. The van der Waals surface area contributed by atoms with Crippen LogP contribution in [0.3, 0.4) is 0 Å². The van der Waals surface area contributed by atoms with Crippen LogP contribution in [0.15, 0.2) is 0 Å². The van der Waals surface area contributed by atoms with E-state index >= 15 is 0 Å². The van der Waals surface area contributed by atoms with Gasteiger partial charge in [0.05, 0.1) is 26.6 Å². The first-order valence-electron chi connectivity index (χ1n) is 17.5. The zero-order valence-corrected chi connectivity index (χ0v) is 46.9. The SMILES string of the molecule is C.C.C.C.C.C.C.C.C.C.C.C.CC(=O)OCCF.CC(=O)OCOC(=O)CF.CCOC(=O)CF.COC(=O)COCCF.COCOC(=O)CF.CS(=O)(=O)OCOC(=O)CF.O=S(=O)([O-])F.O=S(=O)([O-])F.O=S(=O)([O-])F.O=S(=O)([O-])F.O=S(=O)([O-])F.O=S(=O)([O-])F. The molecule has 0 radical (unpaired) electrons. The number of alkyl halides is 6. The number of halogens is 12. The first-order chi connectivity index (χ1) is 36.3. The number of hydrogen-bond acceptors (Lipinski definition) is 37. The summed E-state index contributed by atoms with van der Waals surface area (Å²) in [5.74, 6) is -5.38. The van der Waals surface area contributed by atoms with E-state index in [0.29, 0.717) is 0 Å². The molecule has 0 aliphatic rings. The highest BCUT2D eigenvalue weighted by Gasteiger charge is 2.05. The monoisotopic (exact) mass is 1590 g/mol. The molecule has 0 spiro atoms. The minimum absolute atomic E-state index is 0. The fourth-order valence-corrected chi connectivity index (χ4v) is 1.47. The molecule has 0 saturated carbocycles. The van der Waals surface area contributed by atoms with Crippen LogP contribution in [0.25, 0.3) is 0 Å². The summed E-state index contributed by atoms with van der Waals surface area (Å²) in [7, 11) is -33.5. The Balaban J connectivity index is -0.0000000258. The van der Waals surface area contributed by atoms with Crippen LogP contribution in [0.1, 0.15) is 110 Å². The third kappa shape index (κ3) is 560. The second kappa shape index (κ2) is 101. The van der Waals surface area contributed by atoms with Gasteiger partial charge >= 0.3 is 41.8 Å². The van der Waals surface area contributed by atoms with Gasteiger partial charge in [0.2, 0.25) is 13.6 Å². The largest absolute Gasteiger partial charge is 0.722 e. The van der Waals surface area contributed by atoms with Gasteiger partial charge in [0.15, 0.2) is 33.5 Å². The lowest BCUT2D eigenvalue weighted by atomic mass is 10.7. The highest BCUT2D eigenvalue weighted by molar-refractivity contribution is 7.86. The molecule has 0 fully saturated rings. The van der Waals surface area contributed by atoms with Crippen LogP contribution >= 0.6 is 0 Å². The third-order valence-corrected chi connectivity index (χ3v) is 3.62. The Hall–Kier alpha value is -5.26. The number of esters is 7. The maximum absolute atomic E-state index is 11.3. The highest BCUT2D eigenvalue weighted by atomic mass is 32.3. The van der Waals surface area contributed by atoms with Crippen LogP contribution in [0, 0.1) is 0 Å². The van der Waals surface area contributed by atoms with Gasteiger partial charge in [-0.1, -0.05) is 89.1 Å². The molecule has 0 aromatic rings. The zero-order valence-electron chi connectivity index (χ0n) is 41.2. The number of ether oxygens (including phenoxy) is 9. The Labute approximate surface area is 546 Å². The van der Waals surface area contributed by atoms with Crippen molar-refractivity contribution in [2.24, 2.45) is 0 Å². The maximum atomic E-state index is 11.3. The minimum Gasteiger partial charge on any atom is -0.722 e. The van der Waals surface area contributed by atoms with E-state index in [-0.39, 0.29) is 122 Å². The lowest BCUT2D eigenvalue weighted by Crippen LogP contribution is -2.12. The van der Waals surface area contributed by atoms with Crippen molar-refractivity contribution in [2.45, 2.75) is 110 Å². The van der Waals surface area contributed by atoms with Crippen molar-refractivity contribution in [3.8, 4) is 0 Å². The minimum atomic E-state index is -5.42. The number of carbonyl (C=O) groups excluding carboxylic acids is 7. The average Bonchev–Trinajstić information content (AvgIpc) is 3.24. The molecule has 0 saturated heterocycles. The molecular weight excluding hydrogens is 1500 g/mol. The lowest BCUT2D eigenvalue weighted by molar-refractivity contribution is -0.166. The predicted octanol–water partition coefficient (Wildman–Crippen LogP) is 4.87. The van der Waals surface area contributed by atoms with Gasteiger partial charge in [-0.2, -0.15) is 8.42 Å². The Morgan fingerprint density at radius 3 is 0.734 bits per heavy atom. The van der Waals surface area contributed by atoms with Crippen molar-refractivity contribution in [2.75, 3.05) is 107 Å². The Kier molecular flexibility index (Phi) is 176. The normalized spacial score (nSPS) is 8.77. The van der Waals surface area contributed by atoms with Crippen molar-refractivity contribution in [1.82, 2.24) is 0 Å². The molecule has 0 heterocycles. The van der Waals surface area contributed by atoms with Crippen LogP contribution < -0.4 is 0 Å². The molecule has 0 unspecified atom stereocenters. The first-order valence-corrected chi connectivity index (χ1v) is 27.1. The molecule has 0 aliphatic carbocycles. The number of rotatable bonds is 18. The van der Waals surface area contributed by atoms with E-state index in [1.165, 1.54) is 21.1 Å². The van der Waals surface area contributed by atoms with Crippen LogP contribution in [0.5, 0.6) is 0 Å². The van der Waals surface area contributed by atoms with Crippen molar-refractivity contribution in [3.63, 3.8) is 0 Å². The number of carbonyl (C=O) groups is 7. The van der Waals surface area contributed by atoms with Crippen LogP contribution in [-0.2, 0) is 154 Å². The van der Waals surface area contributed by atoms with Crippen molar-refractivity contribution >= 4 is 115 Å². The van der Waals surface area contributed by atoms with Crippen LogP contribution in [0.2, 0.25) is 0 Å². The second-order valence-electron chi connectivity index (χ2n) is 9.69. The molecule has 0 bridgehead atoms. The average molecular weight is 1590 g/mol. The molecule has 0 rings (SSSR count). The van der Waals surface area contributed by atoms with Gasteiger partial charge in [-0.15, -0.1) is 23.3 Å². The quantitative estimate of drug-likeness (QED) is 0.0258. The van der Waals surface area contributed by atoms with E-state index < -0.39 is 169 Å². The van der Waals surface area contributed by atoms with Gasteiger partial charge in [0.25, 0.3) is 73.1 Å². The molecule has 0 N–H and O–H groups in total. The molecule has 0 aliphatic heterocycles. The second-order valence-corrected chi connectivity index (χ2v) is 16.1. The fourth-order valence-electron chi connectivity index (χ4n) is 1.25. The van der Waals surface area contributed by atoms with Gasteiger partial charge in [0.1, 0.15) is 26.6 Å². The Bertz CT molecular complexity index is 2190. The first kappa shape index (κ1) is 163. The molecule has 37 nitrogen and oxygen atoms in total. The van der Waals surface area contributed by atoms with Crippen molar-refractivity contribution in [1.29, 1.82) is 0 Å². The smallest absolute Gasteiger partial charge is 0.340 e. The molecular formula is C38H92F12O37S7-6. The summed E-state index contributed by atoms with van der Waals surface area (Å²) in [5, 5.41) is 0. The van der Waals surface area contributed by atoms with Crippen molar-refractivity contribution < 1.29 is 216 Å². The number of hydrogen-bond donors (Lipinski definition) is 0. The zero-order chi connectivity index (χ0) is 68.8. The number of methoxy groups -OCH3 is 2. The van der Waals surface area contributed by atoms with Gasteiger partial charge in [-0.25, -0.2) is 105 Å². The molecule has 0 aromatic heterocycles. The molecule has 0 amide bonds. The molecule has 56 heteroatoms. The fraction of sp³-hybridized carbons (Fsp3) is 0.816. The van der Waals surface area contributed by atoms with E-state index in [1.54, 1.807) is 6.92 Å². The summed E-state index contributed by atoms with van der Waals surface area (Å²) >= 11 is 0. The van der Waals surface area contributed by atoms with E-state index in [1.807, 2.05) is 0 Å². The Morgan fingerprint density at radius 1 is 0.351 bits per heavy atom. The van der Waals surface area contributed by atoms with Gasteiger partial charge in [-0.3, -0.25) is 9.59 Å².